The van der Waals surface area contributed by atoms with Gasteiger partial charge in [-0.25, -0.2) is 8.42 Å². The van der Waals surface area contributed by atoms with E-state index in [0.717, 1.165) is 11.4 Å². The number of alkyl halides is 3. The summed E-state index contributed by atoms with van der Waals surface area (Å²) in [6, 6.07) is 5.73. The topological polar surface area (TPSA) is 108 Å². The molecule has 2 N–H and O–H groups in total. The fraction of sp³-hybridized carbons (Fsp3) is 0.250. The highest BCUT2D eigenvalue weighted by Crippen LogP contribution is 2.26. The summed E-state index contributed by atoms with van der Waals surface area (Å²) >= 11 is 3.17. The summed E-state index contributed by atoms with van der Waals surface area (Å²) in [5.41, 5.74) is 0. The lowest BCUT2D eigenvalue weighted by Gasteiger charge is -2.16. The van der Waals surface area contributed by atoms with E-state index in [4.69, 9.17) is 0 Å². The third kappa shape index (κ3) is 4.76. The highest BCUT2D eigenvalue weighted by atomic mass is 79.9. The number of hydrogen-bond acceptors (Lipinski definition) is 5. The maximum Gasteiger partial charge on any atom is 0.451 e. The van der Waals surface area contributed by atoms with Crippen LogP contribution in [0.3, 0.4) is 0 Å². The van der Waals surface area contributed by atoms with Crippen LogP contribution in [0.2, 0.25) is 0 Å². The molecule has 25 heavy (non-hydrogen) atoms. The number of rotatable bonds is 5. The first-order valence-electron chi connectivity index (χ1n) is 6.51. The summed E-state index contributed by atoms with van der Waals surface area (Å²) in [6.07, 6.45) is -4.74. The van der Waals surface area contributed by atoms with Crippen molar-refractivity contribution < 1.29 is 26.4 Å². The summed E-state index contributed by atoms with van der Waals surface area (Å²) in [5, 5.41) is 6.82. The molecule has 1 amide bonds. The maximum atomic E-state index is 12.4. The Hall–Kier alpha value is -1.99. The molecule has 0 atom stereocenters. The number of likely N-dealkylation sites (N-methyl/N-ethyl adjacent to an activating group) is 1. The monoisotopic (exact) mass is 441 g/mol. The molecule has 0 aliphatic rings. The van der Waals surface area contributed by atoms with E-state index in [1.807, 2.05) is 5.32 Å². The second-order valence-electron chi connectivity index (χ2n) is 4.77. The van der Waals surface area contributed by atoms with Crippen molar-refractivity contribution in [1.82, 2.24) is 19.5 Å². The number of carbonyl (C=O) groups excluding carboxylic acids is 1. The molecular weight excluding hydrogens is 431 g/mol. The van der Waals surface area contributed by atoms with Crippen molar-refractivity contribution >= 4 is 37.8 Å². The van der Waals surface area contributed by atoms with Crippen molar-refractivity contribution in [2.24, 2.45) is 0 Å². The van der Waals surface area contributed by atoms with Crippen LogP contribution in [0.25, 0.3) is 0 Å². The third-order valence-corrected chi connectivity index (χ3v) is 5.24. The zero-order valence-corrected chi connectivity index (χ0v) is 14.9. The largest absolute Gasteiger partial charge is 0.451 e. The summed E-state index contributed by atoms with van der Waals surface area (Å²) in [5.74, 6) is -2.87. The van der Waals surface area contributed by atoms with Gasteiger partial charge in [-0.3, -0.25) is 15.2 Å². The van der Waals surface area contributed by atoms with Gasteiger partial charge in [0.25, 0.3) is 0 Å². The van der Waals surface area contributed by atoms with Crippen LogP contribution < -0.4 is 5.32 Å². The van der Waals surface area contributed by atoms with E-state index in [9.17, 15) is 26.4 Å². The van der Waals surface area contributed by atoms with Crippen molar-refractivity contribution in [2.45, 2.75) is 11.1 Å². The Morgan fingerprint density at radius 3 is 2.44 bits per heavy atom. The summed E-state index contributed by atoms with van der Waals surface area (Å²) in [6.45, 7) is -0.631. The first kappa shape index (κ1) is 19.3. The van der Waals surface area contributed by atoms with Gasteiger partial charge in [0.15, 0.2) is 0 Å². The van der Waals surface area contributed by atoms with Crippen LogP contribution in [0.4, 0.5) is 19.1 Å². The van der Waals surface area contributed by atoms with Crippen LogP contribution in [-0.4, -0.2) is 47.4 Å². The van der Waals surface area contributed by atoms with Crippen molar-refractivity contribution in [3.63, 3.8) is 0 Å². The number of carbonyl (C=O) groups is 1. The van der Waals surface area contributed by atoms with E-state index < -0.39 is 40.4 Å². The standard InChI is InChI=1S/C12H11BrF3N5O3S/c1-21(25(23,24)8-4-2-7(13)3-5-8)6-9(22)17-11-18-10(19-20-11)12(14,15)16/h2-5H,6H2,1H3,(H2,17,18,19,20,22). The fourth-order valence-electron chi connectivity index (χ4n) is 1.68. The Bertz CT molecular complexity index is 867. The first-order chi connectivity index (χ1) is 11.5. The summed E-state index contributed by atoms with van der Waals surface area (Å²) in [4.78, 5) is 14.8. The van der Waals surface area contributed by atoms with Gasteiger partial charge in [0, 0.05) is 11.5 Å². The van der Waals surface area contributed by atoms with Crippen LogP contribution in [0.1, 0.15) is 5.82 Å². The molecule has 0 spiro atoms. The summed E-state index contributed by atoms with van der Waals surface area (Å²) in [7, 11) is -2.78. The molecule has 136 valence electrons. The molecule has 0 saturated heterocycles. The van der Waals surface area contributed by atoms with Gasteiger partial charge in [0.05, 0.1) is 11.4 Å². The highest BCUT2D eigenvalue weighted by molar-refractivity contribution is 9.10. The predicted octanol–water partition coefficient (Wildman–Crippen LogP) is 1.85. The second-order valence-corrected chi connectivity index (χ2v) is 7.73. The molecule has 13 heteroatoms. The lowest BCUT2D eigenvalue weighted by molar-refractivity contribution is -0.144. The average molecular weight is 442 g/mol. The molecule has 0 fully saturated rings. The van der Waals surface area contributed by atoms with Crippen molar-refractivity contribution in [3.8, 4) is 0 Å². The van der Waals surface area contributed by atoms with Crippen LogP contribution in [0.5, 0.6) is 0 Å². The minimum absolute atomic E-state index is 0.0387. The number of hydrogen-bond donors (Lipinski definition) is 2. The smallest absolute Gasteiger partial charge is 0.292 e. The normalized spacial score (nSPS) is 12.4. The molecule has 0 aliphatic carbocycles. The minimum Gasteiger partial charge on any atom is -0.292 e. The van der Waals surface area contributed by atoms with Crippen LogP contribution >= 0.6 is 15.9 Å². The van der Waals surface area contributed by atoms with E-state index >= 15 is 0 Å². The van der Waals surface area contributed by atoms with Crippen molar-refractivity contribution in [3.05, 3.63) is 34.6 Å². The number of halogens is 4. The number of amides is 1. The number of nitrogens with one attached hydrogen (secondary N) is 2. The van der Waals surface area contributed by atoms with Gasteiger partial charge in [0.1, 0.15) is 0 Å². The zero-order valence-electron chi connectivity index (χ0n) is 12.5. The lowest BCUT2D eigenvalue weighted by Crippen LogP contribution is -2.35. The molecule has 0 saturated carbocycles. The van der Waals surface area contributed by atoms with Gasteiger partial charge >= 0.3 is 6.18 Å². The molecule has 8 nitrogen and oxygen atoms in total. The van der Waals surface area contributed by atoms with Gasteiger partial charge in [-0.15, -0.1) is 5.10 Å². The number of benzene rings is 1. The molecule has 0 unspecified atom stereocenters. The SMILES string of the molecule is CN(CC(=O)Nc1n[nH]c(C(F)(F)F)n1)S(=O)(=O)c1ccc(Br)cc1. The Labute approximate surface area is 148 Å². The first-order valence-corrected chi connectivity index (χ1v) is 8.75. The number of anilines is 1. The number of aromatic amines is 1. The molecular formula is C12H11BrF3N5O3S. The number of H-pyrrole nitrogens is 1. The second kappa shape index (κ2) is 7.09. The van der Waals surface area contributed by atoms with E-state index in [2.05, 4.69) is 26.0 Å². The number of nitrogens with zero attached hydrogens (tertiary/aromatic N) is 3. The molecule has 2 rings (SSSR count). The zero-order chi connectivity index (χ0) is 18.8. The molecule has 1 heterocycles. The van der Waals surface area contributed by atoms with Crippen LogP contribution in [0, 0.1) is 0 Å². The van der Waals surface area contributed by atoms with Gasteiger partial charge in [-0.2, -0.15) is 22.5 Å². The Kier molecular flexibility index (Phi) is 5.49. The van der Waals surface area contributed by atoms with Crippen LogP contribution in [0.15, 0.2) is 33.6 Å². The Balaban J connectivity index is 2.04. The Morgan fingerprint density at radius 1 is 1.32 bits per heavy atom. The van der Waals surface area contributed by atoms with Crippen molar-refractivity contribution in [1.29, 1.82) is 0 Å². The van der Waals surface area contributed by atoms with E-state index in [-0.39, 0.29) is 4.90 Å². The quantitative estimate of drug-likeness (QED) is 0.735. The van der Waals surface area contributed by atoms with Gasteiger partial charge in [0.2, 0.25) is 27.7 Å². The van der Waals surface area contributed by atoms with Crippen LogP contribution in [-0.2, 0) is 21.0 Å². The number of aromatic nitrogens is 3. The fourth-order valence-corrected chi connectivity index (χ4v) is 3.07. The molecule has 0 radical (unpaired) electrons. The molecule has 2 aromatic rings. The van der Waals surface area contributed by atoms with Crippen molar-refractivity contribution in [2.75, 3.05) is 18.9 Å². The lowest BCUT2D eigenvalue weighted by atomic mass is 10.4. The van der Waals surface area contributed by atoms with E-state index in [0.29, 0.717) is 4.47 Å². The Morgan fingerprint density at radius 2 is 1.92 bits per heavy atom. The van der Waals surface area contributed by atoms with E-state index in [1.165, 1.54) is 24.3 Å². The van der Waals surface area contributed by atoms with E-state index in [1.54, 1.807) is 5.10 Å². The molecule has 1 aromatic carbocycles. The highest BCUT2D eigenvalue weighted by Gasteiger charge is 2.35. The minimum atomic E-state index is -4.74. The predicted molar refractivity (Wildman–Crippen MR) is 84.0 cm³/mol. The molecule has 1 aromatic heterocycles. The maximum absolute atomic E-state index is 12.4. The van der Waals surface area contributed by atoms with Gasteiger partial charge in [-0.1, -0.05) is 15.9 Å². The van der Waals surface area contributed by atoms with Gasteiger partial charge in [-0.05, 0) is 24.3 Å². The average Bonchev–Trinajstić information content (AvgIpc) is 2.96. The molecule has 0 aliphatic heterocycles. The summed E-state index contributed by atoms with van der Waals surface area (Å²) < 4.78 is 63.2. The van der Waals surface area contributed by atoms with Gasteiger partial charge < -0.3 is 0 Å². The molecule has 0 bridgehead atoms. The third-order valence-electron chi connectivity index (χ3n) is 2.89. The number of sulfonamides is 1.